The average molecular weight is 338 g/mol. The Morgan fingerprint density at radius 3 is 2.65 bits per heavy atom. The molecule has 0 radical (unpaired) electrons. The Hall–Kier alpha value is -1.40. The molecule has 1 aromatic carbocycles. The van der Waals surface area contributed by atoms with Gasteiger partial charge in [-0.05, 0) is 18.4 Å². The summed E-state index contributed by atoms with van der Waals surface area (Å²) in [5.74, 6) is 0.619. The van der Waals surface area contributed by atoms with Crippen LogP contribution in [0, 0.1) is 0 Å². The summed E-state index contributed by atoms with van der Waals surface area (Å²) in [6, 6.07) is 8.59. The summed E-state index contributed by atoms with van der Waals surface area (Å²) in [5.41, 5.74) is 0.863. The third-order valence-corrected chi connectivity index (χ3v) is 6.14. The van der Waals surface area contributed by atoms with Gasteiger partial charge in [-0.2, -0.15) is 0 Å². The van der Waals surface area contributed by atoms with Crippen molar-refractivity contribution in [3.8, 4) is 0 Å². The van der Waals surface area contributed by atoms with Crippen molar-refractivity contribution in [3.63, 3.8) is 0 Å². The first-order chi connectivity index (χ1) is 11.2. The monoisotopic (exact) mass is 338 g/mol. The van der Waals surface area contributed by atoms with Crippen molar-refractivity contribution in [3.05, 3.63) is 35.9 Å². The van der Waals surface area contributed by atoms with Crippen molar-refractivity contribution >= 4 is 16.8 Å². The number of amides is 2. The second-order valence-corrected chi connectivity index (χ2v) is 7.81. The molecule has 23 heavy (non-hydrogen) atoms. The summed E-state index contributed by atoms with van der Waals surface area (Å²) in [4.78, 5) is 12.3. The number of aliphatic hydroxyl groups excluding tert-OH is 1. The van der Waals surface area contributed by atoms with E-state index in [9.17, 15) is 14.1 Å². The van der Waals surface area contributed by atoms with Crippen LogP contribution in [0.25, 0.3) is 0 Å². The summed E-state index contributed by atoms with van der Waals surface area (Å²) in [6.45, 7) is 1.76. The quantitative estimate of drug-likeness (QED) is 0.743. The molecule has 1 aliphatic rings. The lowest BCUT2D eigenvalue weighted by atomic mass is 9.95. The second kappa shape index (κ2) is 9.03. The number of rotatable bonds is 6. The molecule has 0 unspecified atom stereocenters. The third kappa shape index (κ3) is 5.04. The maximum Gasteiger partial charge on any atom is 0.315 e. The topological polar surface area (TPSA) is 78.4 Å². The first-order valence-corrected chi connectivity index (χ1v) is 9.64. The molecule has 0 spiro atoms. The number of carbonyl (C=O) groups excluding carboxylic acids is 1. The van der Waals surface area contributed by atoms with Crippen molar-refractivity contribution < 1.29 is 14.1 Å². The lowest BCUT2D eigenvalue weighted by molar-refractivity contribution is 0.211. The maximum absolute atomic E-state index is 12.3. The second-order valence-electron chi connectivity index (χ2n) is 5.86. The molecule has 5 nitrogen and oxygen atoms in total. The molecule has 1 saturated carbocycles. The fourth-order valence-electron chi connectivity index (χ4n) is 3.08. The zero-order valence-electron chi connectivity index (χ0n) is 13.5. The summed E-state index contributed by atoms with van der Waals surface area (Å²) < 4.78 is 12.2. The van der Waals surface area contributed by atoms with E-state index in [1.54, 1.807) is 0 Å². The molecule has 6 heteroatoms. The minimum atomic E-state index is -0.902. The SMILES string of the molecule is CC[S@@](=O)[C@@H]1CCCC[C@@H]1NC(=O)N[C@@H](CO)c1ccccc1. The molecule has 2 amide bonds. The van der Waals surface area contributed by atoms with Crippen LogP contribution in [0.4, 0.5) is 4.79 Å². The molecule has 0 saturated heterocycles. The van der Waals surface area contributed by atoms with E-state index in [1.807, 2.05) is 37.3 Å². The van der Waals surface area contributed by atoms with Crippen molar-refractivity contribution in [2.75, 3.05) is 12.4 Å². The van der Waals surface area contributed by atoms with Gasteiger partial charge in [-0.15, -0.1) is 0 Å². The van der Waals surface area contributed by atoms with Crippen molar-refractivity contribution in [1.29, 1.82) is 0 Å². The molecule has 2 rings (SSSR count). The molecule has 0 heterocycles. The molecule has 1 fully saturated rings. The van der Waals surface area contributed by atoms with Gasteiger partial charge >= 0.3 is 6.03 Å². The summed E-state index contributed by atoms with van der Waals surface area (Å²) in [6.07, 6.45) is 3.87. The number of hydrogen-bond acceptors (Lipinski definition) is 3. The smallest absolute Gasteiger partial charge is 0.315 e. The van der Waals surface area contributed by atoms with E-state index in [2.05, 4.69) is 10.6 Å². The van der Waals surface area contributed by atoms with Gasteiger partial charge in [0.2, 0.25) is 0 Å². The van der Waals surface area contributed by atoms with E-state index in [1.165, 1.54) is 0 Å². The van der Waals surface area contributed by atoms with Crippen LogP contribution in [0.15, 0.2) is 30.3 Å². The number of urea groups is 1. The van der Waals surface area contributed by atoms with E-state index in [4.69, 9.17) is 0 Å². The van der Waals surface area contributed by atoms with Crippen molar-refractivity contribution in [1.82, 2.24) is 10.6 Å². The zero-order valence-corrected chi connectivity index (χ0v) is 14.3. The van der Waals surface area contributed by atoms with E-state index < -0.39 is 16.8 Å². The van der Waals surface area contributed by atoms with E-state index in [-0.39, 0.29) is 23.9 Å². The Morgan fingerprint density at radius 2 is 2.00 bits per heavy atom. The van der Waals surface area contributed by atoms with Crippen LogP contribution in [-0.2, 0) is 10.8 Å². The van der Waals surface area contributed by atoms with E-state index in [0.29, 0.717) is 5.75 Å². The Bertz CT molecular complexity index is 524. The van der Waals surface area contributed by atoms with Gasteiger partial charge in [0.1, 0.15) is 0 Å². The Balaban J connectivity index is 1.95. The van der Waals surface area contributed by atoms with Crippen LogP contribution in [-0.4, -0.2) is 39.0 Å². The maximum atomic E-state index is 12.3. The average Bonchev–Trinajstić information content (AvgIpc) is 2.60. The first-order valence-electron chi connectivity index (χ1n) is 8.25. The van der Waals surface area contributed by atoms with E-state index in [0.717, 1.165) is 31.2 Å². The molecule has 4 atom stereocenters. The van der Waals surface area contributed by atoms with Gasteiger partial charge in [0.25, 0.3) is 0 Å². The Kier molecular flexibility index (Phi) is 7.05. The molecule has 0 bridgehead atoms. The van der Waals surface area contributed by atoms with Crippen LogP contribution in [0.5, 0.6) is 0 Å². The highest BCUT2D eigenvalue weighted by Crippen LogP contribution is 2.23. The van der Waals surface area contributed by atoms with Crippen LogP contribution >= 0.6 is 0 Å². The third-order valence-electron chi connectivity index (χ3n) is 4.33. The number of carbonyl (C=O) groups is 1. The number of hydrogen-bond donors (Lipinski definition) is 3. The number of nitrogens with one attached hydrogen (secondary N) is 2. The van der Waals surface area contributed by atoms with Gasteiger partial charge in [0, 0.05) is 22.6 Å². The van der Waals surface area contributed by atoms with Gasteiger partial charge in [-0.25, -0.2) is 4.79 Å². The molecule has 0 aliphatic heterocycles. The molecule has 128 valence electrons. The van der Waals surface area contributed by atoms with Gasteiger partial charge in [0.15, 0.2) is 0 Å². The minimum Gasteiger partial charge on any atom is -0.394 e. The van der Waals surface area contributed by atoms with Crippen LogP contribution < -0.4 is 10.6 Å². The largest absolute Gasteiger partial charge is 0.394 e. The highest BCUT2D eigenvalue weighted by molar-refractivity contribution is 7.85. The van der Waals surface area contributed by atoms with Gasteiger partial charge in [0.05, 0.1) is 17.9 Å². The molecule has 1 aromatic rings. The highest BCUT2D eigenvalue weighted by atomic mass is 32.2. The summed E-state index contributed by atoms with van der Waals surface area (Å²) in [7, 11) is -0.902. The standard InChI is InChI=1S/C17H26N2O3S/c1-2-23(22)16-11-7-6-10-14(16)18-17(21)19-15(12-20)13-8-4-3-5-9-13/h3-5,8-9,14-16,20H,2,6-7,10-12H2,1H3,(H2,18,19,21)/t14-,15-,16+,23+/m0/s1. The Morgan fingerprint density at radius 1 is 1.30 bits per heavy atom. The molecule has 3 N–H and O–H groups in total. The Labute approximate surface area is 140 Å². The van der Waals surface area contributed by atoms with E-state index >= 15 is 0 Å². The van der Waals surface area contributed by atoms with Gasteiger partial charge in [-0.3, -0.25) is 4.21 Å². The predicted molar refractivity (Wildman–Crippen MR) is 92.7 cm³/mol. The molecule has 1 aliphatic carbocycles. The van der Waals surface area contributed by atoms with Gasteiger partial charge in [-0.1, -0.05) is 50.1 Å². The molecule has 0 aromatic heterocycles. The highest BCUT2D eigenvalue weighted by Gasteiger charge is 2.30. The lowest BCUT2D eigenvalue weighted by Gasteiger charge is -2.31. The molecular formula is C17H26N2O3S. The number of aliphatic hydroxyl groups is 1. The van der Waals surface area contributed by atoms with Crippen LogP contribution in [0.2, 0.25) is 0 Å². The minimum absolute atomic E-state index is 0.0313. The summed E-state index contributed by atoms with van der Waals surface area (Å²) in [5, 5.41) is 15.3. The molecular weight excluding hydrogens is 312 g/mol. The van der Waals surface area contributed by atoms with Crippen molar-refractivity contribution in [2.24, 2.45) is 0 Å². The first kappa shape index (κ1) is 17.9. The fourth-order valence-corrected chi connectivity index (χ4v) is 4.51. The van der Waals surface area contributed by atoms with Crippen LogP contribution in [0.1, 0.15) is 44.2 Å². The predicted octanol–water partition coefficient (Wildman–Crippen LogP) is 2.10. The van der Waals surface area contributed by atoms with Crippen molar-refractivity contribution in [2.45, 2.75) is 49.9 Å². The van der Waals surface area contributed by atoms with Gasteiger partial charge < -0.3 is 15.7 Å². The zero-order chi connectivity index (χ0) is 16.7. The normalized spacial score (nSPS) is 23.7. The summed E-state index contributed by atoms with van der Waals surface area (Å²) >= 11 is 0. The fraction of sp³-hybridized carbons (Fsp3) is 0.588. The van der Waals surface area contributed by atoms with Crippen LogP contribution in [0.3, 0.4) is 0 Å². The lowest BCUT2D eigenvalue weighted by Crippen LogP contribution is -2.51. The number of benzene rings is 1.